The Kier molecular flexibility index (Phi) is 9.22. The van der Waals surface area contributed by atoms with E-state index in [0.717, 1.165) is 5.75 Å². The molecular weight excluding hydrogens is 238 g/mol. The first-order valence-electron chi connectivity index (χ1n) is 5.37. The van der Waals surface area contributed by atoms with Gasteiger partial charge in [-0.15, -0.1) is 0 Å². The highest BCUT2D eigenvalue weighted by molar-refractivity contribution is 7.98. The van der Waals surface area contributed by atoms with Crippen molar-refractivity contribution < 1.29 is 9.90 Å². The van der Waals surface area contributed by atoms with Gasteiger partial charge in [-0.25, -0.2) is 0 Å². The third kappa shape index (κ3) is 6.83. The van der Waals surface area contributed by atoms with E-state index in [4.69, 9.17) is 15.6 Å². The molecule has 0 rings (SSSR count). The molecule has 0 saturated carbocycles. The van der Waals surface area contributed by atoms with Gasteiger partial charge in [0.2, 0.25) is 0 Å². The molecule has 17 heavy (non-hydrogen) atoms. The minimum absolute atomic E-state index is 0.286. The van der Waals surface area contributed by atoms with E-state index in [0.29, 0.717) is 19.5 Å². The molecule has 0 amide bonds. The van der Waals surface area contributed by atoms with Crippen LogP contribution in [-0.4, -0.2) is 47.1 Å². The first-order chi connectivity index (χ1) is 8.17. The molecule has 0 fully saturated rings. The van der Waals surface area contributed by atoms with Crippen LogP contribution in [0.3, 0.4) is 0 Å². The lowest BCUT2D eigenvalue weighted by Gasteiger charge is -2.27. The number of carboxylic acid groups (broad SMARTS) is 1. The van der Waals surface area contributed by atoms with Crippen LogP contribution in [0.5, 0.6) is 0 Å². The minimum atomic E-state index is -0.880. The summed E-state index contributed by atoms with van der Waals surface area (Å²) < 4.78 is 0. The summed E-state index contributed by atoms with van der Waals surface area (Å²) in [4.78, 5) is 12.9. The Hall–Kier alpha value is -1.24. The van der Waals surface area contributed by atoms with E-state index in [-0.39, 0.29) is 12.8 Å². The third-order valence-corrected chi connectivity index (χ3v) is 2.99. The largest absolute Gasteiger partial charge is 0.480 e. The van der Waals surface area contributed by atoms with Crippen LogP contribution in [0.25, 0.3) is 0 Å². The van der Waals surface area contributed by atoms with Crippen LogP contribution in [0.1, 0.15) is 19.3 Å². The normalized spacial score (nSPS) is 11.8. The Bertz CT molecular complexity index is 291. The maximum atomic E-state index is 11.2. The molecule has 0 aromatic heterocycles. The van der Waals surface area contributed by atoms with E-state index in [1.807, 2.05) is 18.4 Å². The van der Waals surface area contributed by atoms with Gasteiger partial charge in [0.05, 0.1) is 12.1 Å². The number of hydrogen-bond acceptors (Lipinski definition) is 5. The van der Waals surface area contributed by atoms with Crippen LogP contribution in [0.2, 0.25) is 0 Å². The second kappa shape index (κ2) is 9.95. The van der Waals surface area contributed by atoms with Gasteiger partial charge in [0, 0.05) is 25.9 Å². The smallest absolute Gasteiger partial charge is 0.320 e. The molecule has 6 heteroatoms. The Balaban J connectivity index is 4.50. The summed E-state index contributed by atoms with van der Waals surface area (Å²) in [6.07, 6.45) is 3.03. The van der Waals surface area contributed by atoms with Crippen LogP contribution in [0.4, 0.5) is 0 Å². The van der Waals surface area contributed by atoms with Crippen LogP contribution < -0.4 is 0 Å². The number of thioether (sulfide) groups is 1. The fraction of sp³-hybridized carbons (Fsp3) is 0.727. The van der Waals surface area contributed by atoms with Gasteiger partial charge in [-0.2, -0.15) is 22.3 Å². The van der Waals surface area contributed by atoms with E-state index in [2.05, 4.69) is 0 Å². The summed E-state index contributed by atoms with van der Waals surface area (Å²) in [5.41, 5.74) is 0. The molecule has 0 aliphatic rings. The maximum absolute atomic E-state index is 11.2. The average molecular weight is 255 g/mol. The molecule has 0 aliphatic carbocycles. The van der Waals surface area contributed by atoms with Gasteiger partial charge in [-0.05, 0) is 18.4 Å². The molecule has 5 nitrogen and oxygen atoms in total. The minimum Gasteiger partial charge on any atom is -0.480 e. The number of aliphatic carboxylic acids is 1. The highest BCUT2D eigenvalue weighted by atomic mass is 32.2. The Morgan fingerprint density at radius 2 is 1.88 bits per heavy atom. The monoisotopic (exact) mass is 255 g/mol. The zero-order valence-electron chi connectivity index (χ0n) is 9.93. The molecule has 0 aliphatic heterocycles. The predicted octanol–water partition coefficient (Wildman–Crippen LogP) is 1.32. The summed E-state index contributed by atoms with van der Waals surface area (Å²) in [6, 6.07) is 3.41. The summed E-state index contributed by atoms with van der Waals surface area (Å²) in [6.45, 7) is 0.813. The van der Waals surface area contributed by atoms with Crippen molar-refractivity contribution in [3.63, 3.8) is 0 Å². The summed E-state index contributed by atoms with van der Waals surface area (Å²) in [7, 11) is 0. The Labute approximate surface area is 106 Å². The molecule has 94 valence electrons. The quantitative estimate of drug-likeness (QED) is 0.668. The molecule has 0 radical (unpaired) electrons. The van der Waals surface area contributed by atoms with Crippen LogP contribution in [0.15, 0.2) is 0 Å². The molecule has 1 atom stereocenters. The van der Waals surface area contributed by atoms with Crippen molar-refractivity contribution in [2.24, 2.45) is 0 Å². The standard InChI is InChI=1S/C11H17N3O2S/c1-17-9-4-10(11(15)16)14(7-2-5-12)8-3-6-13/h10H,2-4,7-9H2,1H3,(H,15,16)/t10-/m0/s1. The SMILES string of the molecule is CSCC[C@@H](C(=O)O)N(CCC#N)CCC#N. The van der Waals surface area contributed by atoms with E-state index in [1.165, 1.54) is 0 Å². The van der Waals surface area contributed by atoms with E-state index >= 15 is 0 Å². The van der Waals surface area contributed by atoms with Crippen molar-refractivity contribution in [1.29, 1.82) is 10.5 Å². The number of rotatable bonds is 9. The molecule has 0 heterocycles. The zero-order valence-corrected chi connectivity index (χ0v) is 10.7. The summed E-state index contributed by atoms with van der Waals surface area (Å²) >= 11 is 1.59. The Morgan fingerprint density at radius 1 is 1.35 bits per heavy atom. The molecule has 0 unspecified atom stereocenters. The van der Waals surface area contributed by atoms with Gasteiger partial charge in [0.25, 0.3) is 0 Å². The van der Waals surface area contributed by atoms with E-state index in [9.17, 15) is 4.79 Å². The van der Waals surface area contributed by atoms with Crippen LogP contribution >= 0.6 is 11.8 Å². The van der Waals surface area contributed by atoms with Crippen molar-refractivity contribution in [1.82, 2.24) is 4.90 Å². The van der Waals surface area contributed by atoms with E-state index < -0.39 is 12.0 Å². The lowest BCUT2D eigenvalue weighted by molar-refractivity contribution is -0.143. The summed E-state index contributed by atoms with van der Waals surface area (Å²) in [5.74, 6) is -0.123. The number of carboxylic acids is 1. The zero-order chi connectivity index (χ0) is 13.1. The van der Waals surface area contributed by atoms with Gasteiger partial charge in [-0.3, -0.25) is 9.69 Å². The third-order valence-electron chi connectivity index (χ3n) is 2.34. The highest BCUT2D eigenvalue weighted by Crippen LogP contribution is 2.10. The first kappa shape index (κ1) is 15.8. The fourth-order valence-corrected chi connectivity index (χ4v) is 1.96. The topological polar surface area (TPSA) is 88.1 Å². The first-order valence-corrected chi connectivity index (χ1v) is 6.76. The molecule has 1 N–H and O–H groups in total. The second-order valence-electron chi connectivity index (χ2n) is 3.49. The van der Waals surface area contributed by atoms with Crippen molar-refractivity contribution >= 4 is 17.7 Å². The number of nitrogens with zero attached hydrogens (tertiary/aromatic N) is 3. The van der Waals surface area contributed by atoms with Crippen LogP contribution in [-0.2, 0) is 4.79 Å². The molecule has 0 aromatic carbocycles. The predicted molar refractivity (Wildman–Crippen MR) is 66.5 cm³/mol. The van der Waals surface area contributed by atoms with Gasteiger partial charge < -0.3 is 5.11 Å². The number of carbonyl (C=O) groups is 1. The van der Waals surface area contributed by atoms with Gasteiger partial charge in [0.15, 0.2) is 0 Å². The van der Waals surface area contributed by atoms with Crippen LogP contribution in [0, 0.1) is 22.7 Å². The summed E-state index contributed by atoms with van der Waals surface area (Å²) in [5, 5.41) is 26.2. The van der Waals surface area contributed by atoms with Gasteiger partial charge in [0.1, 0.15) is 6.04 Å². The molecule has 0 saturated heterocycles. The van der Waals surface area contributed by atoms with Gasteiger partial charge in [-0.1, -0.05) is 0 Å². The lowest BCUT2D eigenvalue weighted by Crippen LogP contribution is -2.42. The number of nitriles is 2. The second-order valence-corrected chi connectivity index (χ2v) is 4.47. The molecular formula is C11H17N3O2S. The Morgan fingerprint density at radius 3 is 2.24 bits per heavy atom. The average Bonchev–Trinajstić information content (AvgIpc) is 2.31. The van der Waals surface area contributed by atoms with Crippen molar-refractivity contribution in [2.75, 3.05) is 25.1 Å². The highest BCUT2D eigenvalue weighted by Gasteiger charge is 2.24. The van der Waals surface area contributed by atoms with E-state index in [1.54, 1.807) is 16.7 Å². The molecule has 0 spiro atoms. The fourth-order valence-electron chi connectivity index (χ4n) is 1.50. The maximum Gasteiger partial charge on any atom is 0.320 e. The molecule has 0 bridgehead atoms. The van der Waals surface area contributed by atoms with Crippen molar-refractivity contribution in [3.05, 3.63) is 0 Å². The number of hydrogen-bond donors (Lipinski definition) is 1. The molecule has 0 aromatic rings. The lowest BCUT2D eigenvalue weighted by atomic mass is 10.1. The van der Waals surface area contributed by atoms with Crippen molar-refractivity contribution in [2.45, 2.75) is 25.3 Å². The van der Waals surface area contributed by atoms with Gasteiger partial charge >= 0.3 is 5.97 Å². The van der Waals surface area contributed by atoms with Crippen molar-refractivity contribution in [3.8, 4) is 12.1 Å².